The standard InChI is InChI=1S/C19H21F2N3O2/c1-3-5-18(25)24-17-7-4-6-16(12(17)2)22-11-19(26)23-13-8-9-14(20)15(21)10-13/h4,6-10,22H,3,5,11H2,1-2H3,(H,23,26)(H,24,25). The zero-order valence-corrected chi connectivity index (χ0v) is 14.7. The summed E-state index contributed by atoms with van der Waals surface area (Å²) in [4.78, 5) is 23.7. The summed E-state index contributed by atoms with van der Waals surface area (Å²) in [6.45, 7) is 3.69. The number of benzene rings is 2. The SMILES string of the molecule is CCCC(=O)Nc1cccc(NCC(=O)Nc2ccc(F)c(F)c2)c1C. The molecule has 0 aliphatic rings. The van der Waals surface area contributed by atoms with Crippen LogP contribution in [0.25, 0.3) is 0 Å². The molecule has 3 N–H and O–H groups in total. The number of hydrogen-bond donors (Lipinski definition) is 3. The Bertz CT molecular complexity index is 809. The number of rotatable bonds is 7. The fraction of sp³-hybridized carbons (Fsp3) is 0.263. The molecule has 0 aliphatic heterocycles. The van der Waals surface area contributed by atoms with E-state index in [1.165, 1.54) is 6.07 Å². The largest absolute Gasteiger partial charge is 0.376 e. The molecule has 0 unspecified atom stereocenters. The Morgan fingerprint density at radius 1 is 0.962 bits per heavy atom. The van der Waals surface area contributed by atoms with Crippen LogP contribution in [0.3, 0.4) is 0 Å². The molecule has 2 rings (SSSR count). The zero-order chi connectivity index (χ0) is 19.1. The number of nitrogens with one attached hydrogen (secondary N) is 3. The molecule has 2 aromatic rings. The molecule has 0 aliphatic carbocycles. The first-order chi connectivity index (χ1) is 12.4. The summed E-state index contributed by atoms with van der Waals surface area (Å²) >= 11 is 0. The minimum absolute atomic E-state index is 0.0633. The van der Waals surface area contributed by atoms with Crippen LogP contribution in [0, 0.1) is 18.6 Å². The van der Waals surface area contributed by atoms with Crippen molar-refractivity contribution in [1.82, 2.24) is 0 Å². The van der Waals surface area contributed by atoms with Crippen LogP contribution in [0.15, 0.2) is 36.4 Å². The smallest absolute Gasteiger partial charge is 0.243 e. The number of halogens is 2. The number of hydrogen-bond acceptors (Lipinski definition) is 3. The van der Waals surface area contributed by atoms with E-state index in [1.807, 2.05) is 13.8 Å². The topological polar surface area (TPSA) is 70.2 Å². The van der Waals surface area contributed by atoms with Crippen molar-refractivity contribution in [3.8, 4) is 0 Å². The first-order valence-corrected chi connectivity index (χ1v) is 8.29. The second kappa shape index (κ2) is 8.94. The monoisotopic (exact) mass is 361 g/mol. The van der Waals surface area contributed by atoms with Gasteiger partial charge in [-0.3, -0.25) is 9.59 Å². The van der Waals surface area contributed by atoms with Crippen molar-refractivity contribution in [2.45, 2.75) is 26.7 Å². The molecular formula is C19H21F2N3O2. The minimum Gasteiger partial charge on any atom is -0.376 e. The summed E-state index contributed by atoms with van der Waals surface area (Å²) in [7, 11) is 0. The normalized spacial score (nSPS) is 10.3. The number of amides is 2. The van der Waals surface area contributed by atoms with E-state index < -0.39 is 17.5 Å². The molecule has 5 nitrogen and oxygen atoms in total. The third-order valence-electron chi connectivity index (χ3n) is 3.73. The molecule has 2 aromatic carbocycles. The summed E-state index contributed by atoms with van der Waals surface area (Å²) in [5.41, 5.74) is 2.35. The summed E-state index contributed by atoms with van der Waals surface area (Å²) in [5.74, 6) is -2.47. The van der Waals surface area contributed by atoms with E-state index in [9.17, 15) is 18.4 Å². The second-order valence-electron chi connectivity index (χ2n) is 5.81. The van der Waals surface area contributed by atoms with Gasteiger partial charge in [0.1, 0.15) is 0 Å². The van der Waals surface area contributed by atoms with Gasteiger partial charge >= 0.3 is 0 Å². The van der Waals surface area contributed by atoms with Crippen molar-refractivity contribution >= 4 is 28.9 Å². The second-order valence-corrected chi connectivity index (χ2v) is 5.81. The Balaban J connectivity index is 1.97. The van der Waals surface area contributed by atoms with Crippen molar-refractivity contribution < 1.29 is 18.4 Å². The maximum atomic E-state index is 13.2. The van der Waals surface area contributed by atoms with E-state index in [2.05, 4.69) is 16.0 Å². The molecule has 0 heterocycles. The van der Waals surface area contributed by atoms with Crippen molar-refractivity contribution in [1.29, 1.82) is 0 Å². The molecule has 138 valence electrons. The van der Waals surface area contributed by atoms with Crippen LogP contribution in [0.4, 0.5) is 25.8 Å². The number of carbonyl (C=O) groups excluding carboxylic acids is 2. The van der Waals surface area contributed by atoms with Crippen LogP contribution in [0.1, 0.15) is 25.3 Å². The van der Waals surface area contributed by atoms with Crippen molar-refractivity contribution in [2.75, 3.05) is 22.5 Å². The summed E-state index contributed by atoms with van der Waals surface area (Å²) < 4.78 is 26.1. The lowest BCUT2D eigenvalue weighted by molar-refractivity contribution is -0.116. The number of carbonyl (C=O) groups is 2. The predicted octanol–water partition coefficient (Wildman–Crippen LogP) is 4.06. The number of anilines is 3. The average molecular weight is 361 g/mol. The highest BCUT2D eigenvalue weighted by Gasteiger charge is 2.09. The van der Waals surface area contributed by atoms with Gasteiger partial charge < -0.3 is 16.0 Å². The Kier molecular flexibility index (Phi) is 6.66. The molecular weight excluding hydrogens is 340 g/mol. The third kappa shape index (κ3) is 5.27. The summed E-state index contributed by atoms with van der Waals surface area (Å²) in [6, 6.07) is 8.49. The molecule has 0 saturated heterocycles. The van der Waals surface area contributed by atoms with Gasteiger partial charge in [0.2, 0.25) is 11.8 Å². The molecule has 0 radical (unpaired) electrons. The highest BCUT2D eigenvalue weighted by atomic mass is 19.2. The van der Waals surface area contributed by atoms with Crippen LogP contribution in [0.5, 0.6) is 0 Å². The van der Waals surface area contributed by atoms with Crippen LogP contribution < -0.4 is 16.0 Å². The first kappa shape index (κ1) is 19.4. The Hall–Kier alpha value is -2.96. The third-order valence-corrected chi connectivity index (χ3v) is 3.73. The Morgan fingerprint density at radius 2 is 1.69 bits per heavy atom. The molecule has 0 spiro atoms. The van der Waals surface area contributed by atoms with Gasteiger partial charge in [-0.15, -0.1) is 0 Å². The van der Waals surface area contributed by atoms with E-state index in [-0.39, 0.29) is 18.1 Å². The fourth-order valence-electron chi connectivity index (χ4n) is 2.36. The van der Waals surface area contributed by atoms with E-state index in [1.54, 1.807) is 18.2 Å². The lowest BCUT2D eigenvalue weighted by atomic mass is 10.1. The average Bonchev–Trinajstić information content (AvgIpc) is 2.59. The van der Waals surface area contributed by atoms with Crippen molar-refractivity contribution in [2.24, 2.45) is 0 Å². The molecule has 0 aromatic heterocycles. The van der Waals surface area contributed by atoms with Gasteiger partial charge in [-0.2, -0.15) is 0 Å². The maximum Gasteiger partial charge on any atom is 0.243 e. The summed E-state index contributed by atoms with van der Waals surface area (Å²) in [6.07, 6.45) is 1.20. The lowest BCUT2D eigenvalue weighted by Gasteiger charge is -2.14. The molecule has 26 heavy (non-hydrogen) atoms. The Morgan fingerprint density at radius 3 is 2.38 bits per heavy atom. The molecule has 7 heteroatoms. The maximum absolute atomic E-state index is 13.2. The van der Waals surface area contributed by atoms with Gasteiger partial charge in [0.15, 0.2) is 11.6 Å². The van der Waals surface area contributed by atoms with Crippen LogP contribution in [0.2, 0.25) is 0 Å². The van der Waals surface area contributed by atoms with Gasteiger partial charge in [0, 0.05) is 29.5 Å². The zero-order valence-electron chi connectivity index (χ0n) is 14.7. The quantitative estimate of drug-likeness (QED) is 0.696. The van der Waals surface area contributed by atoms with Crippen LogP contribution in [-0.2, 0) is 9.59 Å². The molecule has 0 fully saturated rings. The van der Waals surface area contributed by atoms with E-state index >= 15 is 0 Å². The Labute approximate surface area is 150 Å². The van der Waals surface area contributed by atoms with Gasteiger partial charge in [0.05, 0.1) is 6.54 Å². The molecule has 0 bridgehead atoms. The molecule has 0 saturated carbocycles. The van der Waals surface area contributed by atoms with E-state index in [4.69, 9.17) is 0 Å². The van der Waals surface area contributed by atoms with Crippen LogP contribution in [-0.4, -0.2) is 18.4 Å². The highest BCUT2D eigenvalue weighted by Crippen LogP contribution is 2.23. The molecule has 2 amide bonds. The first-order valence-electron chi connectivity index (χ1n) is 8.29. The van der Waals surface area contributed by atoms with Gasteiger partial charge in [-0.05, 0) is 43.2 Å². The fourth-order valence-corrected chi connectivity index (χ4v) is 2.36. The summed E-state index contributed by atoms with van der Waals surface area (Å²) in [5, 5.41) is 8.29. The van der Waals surface area contributed by atoms with Gasteiger partial charge in [-0.1, -0.05) is 13.0 Å². The molecule has 0 atom stereocenters. The van der Waals surface area contributed by atoms with E-state index in [0.717, 1.165) is 24.1 Å². The van der Waals surface area contributed by atoms with Crippen LogP contribution >= 0.6 is 0 Å². The van der Waals surface area contributed by atoms with Crippen molar-refractivity contribution in [3.05, 3.63) is 53.6 Å². The minimum atomic E-state index is -1.03. The highest BCUT2D eigenvalue weighted by molar-refractivity contribution is 5.95. The van der Waals surface area contributed by atoms with Crippen molar-refractivity contribution in [3.63, 3.8) is 0 Å². The predicted molar refractivity (Wildman–Crippen MR) is 98.2 cm³/mol. The van der Waals surface area contributed by atoms with Gasteiger partial charge in [0.25, 0.3) is 0 Å². The van der Waals surface area contributed by atoms with Gasteiger partial charge in [-0.25, -0.2) is 8.78 Å². The lowest BCUT2D eigenvalue weighted by Crippen LogP contribution is -2.22. The van der Waals surface area contributed by atoms with E-state index in [0.29, 0.717) is 17.8 Å².